The van der Waals surface area contributed by atoms with Crippen LogP contribution in [0.3, 0.4) is 0 Å². The molecule has 2 aromatic carbocycles. The number of anilines is 1. The van der Waals surface area contributed by atoms with E-state index >= 15 is 0 Å². The molecule has 0 spiro atoms. The fourth-order valence-electron chi connectivity index (χ4n) is 1.90. The minimum atomic E-state index is 0.845. The zero-order valence-electron chi connectivity index (χ0n) is 10.9. The molecule has 2 rings (SSSR count). The molecule has 0 saturated carbocycles. The van der Waals surface area contributed by atoms with Crippen LogP contribution in [0.15, 0.2) is 52.3 Å². The lowest BCUT2D eigenvalue weighted by molar-refractivity contribution is 1.08. The van der Waals surface area contributed by atoms with Gasteiger partial charge in [0.1, 0.15) is 0 Å². The second-order valence-corrected chi connectivity index (χ2v) is 5.44. The van der Waals surface area contributed by atoms with E-state index < -0.39 is 0 Å². The summed E-state index contributed by atoms with van der Waals surface area (Å²) in [4.78, 5) is 2.59. The van der Waals surface area contributed by atoms with Gasteiger partial charge in [0.15, 0.2) is 0 Å². The first-order chi connectivity index (χ1) is 8.72. The van der Waals surface area contributed by atoms with E-state index in [0.717, 1.165) is 18.5 Å². The summed E-state index contributed by atoms with van der Waals surface area (Å²) in [6.07, 6.45) is 2.10. The number of hydrogen-bond acceptors (Lipinski definition) is 2. The van der Waals surface area contributed by atoms with Crippen LogP contribution in [0.5, 0.6) is 0 Å². The zero-order chi connectivity index (χ0) is 13.0. The van der Waals surface area contributed by atoms with Crippen molar-refractivity contribution in [1.29, 1.82) is 0 Å². The van der Waals surface area contributed by atoms with Crippen molar-refractivity contribution < 1.29 is 0 Å². The lowest BCUT2D eigenvalue weighted by Gasteiger charge is -2.09. The van der Waals surface area contributed by atoms with Gasteiger partial charge in [0.2, 0.25) is 0 Å². The first kappa shape index (κ1) is 13.0. The number of nitrogen functional groups attached to an aromatic ring is 1. The summed E-state index contributed by atoms with van der Waals surface area (Å²) in [6.45, 7) is 4.34. The van der Waals surface area contributed by atoms with E-state index in [-0.39, 0.29) is 0 Å². The van der Waals surface area contributed by atoms with E-state index in [2.05, 4.69) is 50.2 Å². The first-order valence-electron chi connectivity index (χ1n) is 6.38. The van der Waals surface area contributed by atoms with Crippen molar-refractivity contribution in [3.63, 3.8) is 0 Å². The third-order valence-electron chi connectivity index (χ3n) is 3.02. The van der Waals surface area contributed by atoms with Crippen LogP contribution in [-0.2, 0) is 12.8 Å². The van der Waals surface area contributed by atoms with Crippen LogP contribution >= 0.6 is 11.8 Å². The van der Waals surface area contributed by atoms with Gasteiger partial charge in [-0.05, 0) is 54.3 Å². The minimum absolute atomic E-state index is 0.845. The van der Waals surface area contributed by atoms with Crippen LogP contribution in [-0.4, -0.2) is 0 Å². The van der Waals surface area contributed by atoms with Gasteiger partial charge in [0.05, 0.1) is 0 Å². The monoisotopic (exact) mass is 257 g/mol. The van der Waals surface area contributed by atoms with Crippen molar-refractivity contribution in [3.05, 3.63) is 53.6 Å². The van der Waals surface area contributed by atoms with Gasteiger partial charge in [-0.25, -0.2) is 0 Å². The van der Waals surface area contributed by atoms with Crippen LogP contribution in [0.2, 0.25) is 0 Å². The summed E-state index contributed by atoms with van der Waals surface area (Å²) in [5.41, 5.74) is 9.37. The molecular formula is C16H19NS. The number of benzene rings is 2. The lowest BCUT2D eigenvalue weighted by Crippen LogP contribution is -1.90. The topological polar surface area (TPSA) is 26.0 Å². The molecule has 0 saturated heterocycles. The second-order valence-electron chi connectivity index (χ2n) is 4.32. The molecule has 0 aliphatic rings. The van der Waals surface area contributed by atoms with Gasteiger partial charge in [-0.2, -0.15) is 0 Å². The Balaban J connectivity index is 2.22. The quantitative estimate of drug-likeness (QED) is 0.813. The van der Waals surface area contributed by atoms with Gasteiger partial charge in [-0.3, -0.25) is 0 Å². The highest BCUT2D eigenvalue weighted by Crippen LogP contribution is 2.32. The summed E-state index contributed by atoms with van der Waals surface area (Å²) in [7, 11) is 0. The Hall–Kier alpha value is -1.41. The maximum absolute atomic E-state index is 5.83. The average molecular weight is 257 g/mol. The number of nitrogens with two attached hydrogens (primary N) is 1. The Morgan fingerprint density at radius 3 is 2.28 bits per heavy atom. The van der Waals surface area contributed by atoms with Crippen molar-refractivity contribution in [2.75, 3.05) is 5.73 Å². The molecule has 0 aliphatic carbocycles. The molecular weight excluding hydrogens is 238 g/mol. The van der Waals surface area contributed by atoms with Crippen LogP contribution in [0.4, 0.5) is 5.69 Å². The van der Waals surface area contributed by atoms with Gasteiger partial charge in [0, 0.05) is 15.5 Å². The summed E-state index contributed by atoms with van der Waals surface area (Å²) in [5, 5.41) is 0. The van der Waals surface area contributed by atoms with Gasteiger partial charge in [-0.15, -0.1) is 0 Å². The van der Waals surface area contributed by atoms with Crippen molar-refractivity contribution in [2.45, 2.75) is 36.5 Å². The van der Waals surface area contributed by atoms with Crippen molar-refractivity contribution in [3.8, 4) is 0 Å². The Labute approximate surface area is 113 Å². The fraction of sp³-hybridized carbons (Fsp3) is 0.250. The Bertz CT molecular complexity index is 517. The summed E-state index contributed by atoms with van der Waals surface area (Å²) < 4.78 is 0. The molecule has 94 valence electrons. The van der Waals surface area contributed by atoms with E-state index in [4.69, 9.17) is 5.73 Å². The van der Waals surface area contributed by atoms with E-state index in [0.29, 0.717) is 0 Å². The third-order valence-corrected chi connectivity index (χ3v) is 4.15. The van der Waals surface area contributed by atoms with Crippen molar-refractivity contribution in [1.82, 2.24) is 0 Å². The fourth-order valence-corrected chi connectivity index (χ4v) is 2.89. The minimum Gasteiger partial charge on any atom is -0.399 e. The predicted octanol–water partition coefficient (Wildman–Crippen LogP) is 4.54. The number of hydrogen-bond donors (Lipinski definition) is 1. The molecule has 2 N–H and O–H groups in total. The van der Waals surface area contributed by atoms with E-state index in [1.807, 2.05) is 17.8 Å². The zero-order valence-corrected chi connectivity index (χ0v) is 11.8. The van der Waals surface area contributed by atoms with Crippen molar-refractivity contribution >= 4 is 17.4 Å². The Morgan fingerprint density at radius 1 is 0.944 bits per heavy atom. The molecule has 1 nitrogen and oxygen atoms in total. The van der Waals surface area contributed by atoms with E-state index in [1.54, 1.807) is 0 Å². The van der Waals surface area contributed by atoms with E-state index in [1.165, 1.54) is 20.9 Å². The smallest absolute Gasteiger partial charge is 0.0317 e. The Kier molecular flexibility index (Phi) is 4.32. The highest BCUT2D eigenvalue weighted by Gasteiger charge is 2.03. The lowest BCUT2D eigenvalue weighted by atomic mass is 10.1. The molecule has 0 aromatic heterocycles. The largest absolute Gasteiger partial charge is 0.399 e. The number of rotatable bonds is 4. The van der Waals surface area contributed by atoms with Gasteiger partial charge < -0.3 is 5.73 Å². The average Bonchev–Trinajstić information content (AvgIpc) is 2.41. The standard InChI is InChI=1S/C16H19NS/c1-3-12-5-8-15(9-6-12)18-16-10-7-14(17)11-13(16)4-2/h5-11H,3-4,17H2,1-2H3. The van der Waals surface area contributed by atoms with Gasteiger partial charge in [0.25, 0.3) is 0 Å². The van der Waals surface area contributed by atoms with Crippen LogP contribution in [0.25, 0.3) is 0 Å². The molecule has 0 atom stereocenters. The molecule has 0 aliphatic heterocycles. The van der Waals surface area contributed by atoms with Crippen LogP contribution in [0, 0.1) is 0 Å². The molecule has 0 amide bonds. The highest BCUT2D eigenvalue weighted by atomic mass is 32.2. The second kappa shape index (κ2) is 5.96. The molecule has 0 heterocycles. The van der Waals surface area contributed by atoms with Crippen LogP contribution in [0.1, 0.15) is 25.0 Å². The normalized spacial score (nSPS) is 10.6. The maximum Gasteiger partial charge on any atom is 0.0317 e. The Morgan fingerprint density at radius 2 is 1.67 bits per heavy atom. The summed E-state index contributed by atoms with van der Waals surface area (Å²) in [5.74, 6) is 0. The highest BCUT2D eigenvalue weighted by molar-refractivity contribution is 7.99. The molecule has 2 heteroatoms. The molecule has 2 aromatic rings. The van der Waals surface area contributed by atoms with Crippen LogP contribution < -0.4 is 5.73 Å². The van der Waals surface area contributed by atoms with Crippen molar-refractivity contribution in [2.24, 2.45) is 0 Å². The number of aryl methyl sites for hydroxylation is 2. The molecule has 0 radical (unpaired) electrons. The summed E-state index contributed by atoms with van der Waals surface area (Å²) >= 11 is 1.81. The maximum atomic E-state index is 5.83. The molecule has 0 fully saturated rings. The predicted molar refractivity (Wildman–Crippen MR) is 80.2 cm³/mol. The molecule has 18 heavy (non-hydrogen) atoms. The van der Waals surface area contributed by atoms with E-state index in [9.17, 15) is 0 Å². The van der Waals surface area contributed by atoms with Gasteiger partial charge >= 0.3 is 0 Å². The first-order valence-corrected chi connectivity index (χ1v) is 7.19. The molecule has 0 unspecified atom stereocenters. The SMILES string of the molecule is CCc1ccc(Sc2ccc(N)cc2CC)cc1. The summed E-state index contributed by atoms with van der Waals surface area (Å²) in [6, 6.07) is 15.0. The van der Waals surface area contributed by atoms with Gasteiger partial charge in [-0.1, -0.05) is 37.7 Å². The molecule has 0 bridgehead atoms. The third kappa shape index (κ3) is 3.08.